The molecule has 3 rings (SSSR count). The van der Waals surface area contributed by atoms with Crippen LogP contribution in [0.15, 0.2) is 65.6 Å². The molecule has 4 N–H and O–H groups in total. The molecule has 0 fully saturated rings. The number of nitrogens with two attached hydrogens (primary N) is 1. The van der Waals surface area contributed by atoms with Crippen LogP contribution in [0, 0.1) is 10.1 Å². The number of benzene rings is 3. The molecule has 0 heterocycles. The maximum atomic E-state index is 11.4. The number of nitro groups is 1. The minimum absolute atomic E-state index is 0.229. The van der Waals surface area contributed by atoms with Gasteiger partial charge in [-0.1, -0.05) is 36.4 Å². The molecule has 0 saturated carbocycles. The van der Waals surface area contributed by atoms with Gasteiger partial charge in [0.05, 0.1) is 9.82 Å². The van der Waals surface area contributed by atoms with Crippen molar-refractivity contribution in [2.75, 3.05) is 23.7 Å². The lowest BCUT2D eigenvalue weighted by molar-refractivity contribution is -0.384. The van der Waals surface area contributed by atoms with Gasteiger partial charge in [0.15, 0.2) is 0 Å². The number of sulfonamides is 1. The Kier molecular flexibility index (Phi) is 5.24. The van der Waals surface area contributed by atoms with E-state index >= 15 is 0 Å². The third kappa shape index (κ3) is 4.33. The lowest BCUT2D eigenvalue weighted by atomic mass is 10.1. The highest BCUT2D eigenvalue weighted by Gasteiger charge is 2.18. The molecule has 0 aliphatic heterocycles. The minimum atomic E-state index is -4.00. The standard InChI is InChI=1S/C18H18N4O4S/c19-27(25,26)14-8-9-17(18(12-14)22(23)24)21-11-10-20-16-7-3-5-13-4-1-2-6-15(13)16/h1-9,12,20-21H,10-11H2,(H2,19,25,26). The monoisotopic (exact) mass is 386 g/mol. The Balaban J connectivity index is 1.69. The van der Waals surface area contributed by atoms with Crippen LogP contribution in [0.1, 0.15) is 0 Å². The molecule has 0 spiro atoms. The summed E-state index contributed by atoms with van der Waals surface area (Å²) in [5.41, 5.74) is 0.854. The molecule has 0 aliphatic carbocycles. The van der Waals surface area contributed by atoms with Gasteiger partial charge in [-0.15, -0.1) is 0 Å². The fraction of sp³-hybridized carbons (Fsp3) is 0.111. The highest BCUT2D eigenvalue weighted by Crippen LogP contribution is 2.27. The Bertz CT molecular complexity index is 1090. The zero-order chi connectivity index (χ0) is 19.4. The number of hydrogen-bond donors (Lipinski definition) is 3. The second-order valence-electron chi connectivity index (χ2n) is 5.86. The van der Waals surface area contributed by atoms with E-state index in [4.69, 9.17) is 5.14 Å². The Hall–Kier alpha value is -3.17. The van der Waals surface area contributed by atoms with Gasteiger partial charge < -0.3 is 10.6 Å². The third-order valence-electron chi connectivity index (χ3n) is 4.04. The second kappa shape index (κ2) is 7.60. The summed E-state index contributed by atoms with van der Waals surface area (Å²) in [7, 11) is -4.00. The van der Waals surface area contributed by atoms with Gasteiger partial charge in [0.25, 0.3) is 5.69 Å². The van der Waals surface area contributed by atoms with Crippen molar-refractivity contribution in [2.45, 2.75) is 4.90 Å². The van der Waals surface area contributed by atoms with Crippen LogP contribution in [0.4, 0.5) is 17.1 Å². The number of nitrogens with zero attached hydrogens (tertiary/aromatic N) is 1. The van der Waals surface area contributed by atoms with Gasteiger partial charge in [-0.3, -0.25) is 10.1 Å². The lowest BCUT2D eigenvalue weighted by Crippen LogP contribution is -2.16. The summed E-state index contributed by atoms with van der Waals surface area (Å²) in [6.45, 7) is 0.918. The SMILES string of the molecule is NS(=O)(=O)c1ccc(NCCNc2cccc3ccccc23)c([N+](=O)[O-])c1. The van der Waals surface area contributed by atoms with E-state index in [-0.39, 0.29) is 16.3 Å². The molecule has 0 radical (unpaired) electrons. The fourth-order valence-electron chi connectivity index (χ4n) is 2.76. The molecule has 0 unspecified atom stereocenters. The van der Waals surface area contributed by atoms with E-state index in [1.165, 1.54) is 12.1 Å². The molecule has 0 bridgehead atoms. The Morgan fingerprint density at radius 2 is 1.59 bits per heavy atom. The van der Waals surface area contributed by atoms with Gasteiger partial charge in [-0.05, 0) is 23.6 Å². The minimum Gasteiger partial charge on any atom is -0.383 e. The van der Waals surface area contributed by atoms with Gasteiger partial charge in [0.2, 0.25) is 10.0 Å². The molecule has 9 heteroatoms. The molecule has 3 aromatic carbocycles. The average Bonchev–Trinajstić information content (AvgIpc) is 2.64. The van der Waals surface area contributed by atoms with Gasteiger partial charge in [0.1, 0.15) is 5.69 Å². The Morgan fingerprint density at radius 3 is 2.30 bits per heavy atom. The summed E-state index contributed by atoms with van der Waals surface area (Å²) in [5.74, 6) is 0. The Morgan fingerprint density at radius 1 is 0.926 bits per heavy atom. The molecule has 0 atom stereocenters. The van der Waals surface area contributed by atoms with E-state index in [1.807, 2.05) is 42.5 Å². The molecule has 0 aromatic heterocycles. The average molecular weight is 386 g/mol. The molecule has 27 heavy (non-hydrogen) atoms. The summed E-state index contributed by atoms with van der Waals surface area (Å²) in [4.78, 5) is 10.3. The van der Waals surface area contributed by atoms with E-state index in [1.54, 1.807) is 0 Å². The van der Waals surface area contributed by atoms with Crippen LogP contribution in [0.3, 0.4) is 0 Å². The van der Waals surface area contributed by atoms with Crippen molar-refractivity contribution >= 4 is 37.9 Å². The topological polar surface area (TPSA) is 127 Å². The number of hydrogen-bond acceptors (Lipinski definition) is 6. The van der Waals surface area contributed by atoms with E-state index in [0.717, 1.165) is 22.5 Å². The van der Waals surface area contributed by atoms with Crippen molar-refractivity contribution in [3.8, 4) is 0 Å². The summed E-state index contributed by atoms with van der Waals surface area (Å²) in [6.07, 6.45) is 0. The van der Waals surface area contributed by atoms with Gasteiger partial charge in [-0.2, -0.15) is 0 Å². The molecule has 3 aromatic rings. The number of nitro benzene ring substituents is 1. The van der Waals surface area contributed by atoms with Crippen LogP contribution < -0.4 is 15.8 Å². The molecular weight excluding hydrogens is 368 g/mol. The number of primary sulfonamides is 1. The maximum Gasteiger partial charge on any atom is 0.293 e. The first-order chi connectivity index (χ1) is 12.9. The highest BCUT2D eigenvalue weighted by atomic mass is 32.2. The quantitative estimate of drug-likeness (QED) is 0.325. The van der Waals surface area contributed by atoms with Crippen molar-refractivity contribution < 1.29 is 13.3 Å². The van der Waals surface area contributed by atoms with Gasteiger partial charge in [-0.25, -0.2) is 13.6 Å². The summed E-state index contributed by atoms with van der Waals surface area (Å²) < 4.78 is 22.7. The first-order valence-corrected chi connectivity index (χ1v) is 9.67. The summed E-state index contributed by atoms with van der Waals surface area (Å²) in [5, 5.41) is 24.7. The summed E-state index contributed by atoms with van der Waals surface area (Å²) >= 11 is 0. The Labute approximate surface area is 156 Å². The molecular formula is C18H18N4O4S. The fourth-order valence-corrected chi connectivity index (χ4v) is 3.30. The van der Waals surface area contributed by atoms with Crippen LogP contribution in [-0.2, 0) is 10.0 Å². The van der Waals surface area contributed by atoms with E-state index in [9.17, 15) is 18.5 Å². The van der Waals surface area contributed by atoms with Crippen LogP contribution in [0.25, 0.3) is 10.8 Å². The molecule has 0 amide bonds. The highest BCUT2D eigenvalue weighted by molar-refractivity contribution is 7.89. The first-order valence-electron chi connectivity index (χ1n) is 8.13. The van der Waals surface area contributed by atoms with Crippen molar-refractivity contribution in [1.29, 1.82) is 0 Å². The van der Waals surface area contributed by atoms with Crippen LogP contribution in [0.5, 0.6) is 0 Å². The number of nitrogens with one attached hydrogen (secondary N) is 2. The predicted octanol–water partition coefficient (Wildman–Crippen LogP) is 2.92. The lowest BCUT2D eigenvalue weighted by Gasteiger charge is -2.12. The molecule has 140 valence electrons. The van der Waals surface area contributed by atoms with Crippen LogP contribution in [-0.4, -0.2) is 26.4 Å². The van der Waals surface area contributed by atoms with E-state index in [0.29, 0.717) is 13.1 Å². The zero-order valence-electron chi connectivity index (χ0n) is 14.3. The smallest absolute Gasteiger partial charge is 0.293 e. The van der Waals surface area contributed by atoms with E-state index in [2.05, 4.69) is 10.6 Å². The third-order valence-corrected chi connectivity index (χ3v) is 4.95. The number of rotatable bonds is 7. The molecule has 8 nitrogen and oxygen atoms in total. The van der Waals surface area contributed by atoms with Gasteiger partial charge >= 0.3 is 0 Å². The summed E-state index contributed by atoms with van der Waals surface area (Å²) in [6, 6.07) is 17.4. The van der Waals surface area contributed by atoms with Crippen LogP contribution >= 0.6 is 0 Å². The maximum absolute atomic E-state index is 11.4. The van der Waals surface area contributed by atoms with Crippen LogP contribution in [0.2, 0.25) is 0 Å². The van der Waals surface area contributed by atoms with Gasteiger partial charge in [0, 0.05) is 30.2 Å². The first kappa shape index (κ1) is 18.6. The second-order valence-corrected chi connectivity index (χ2v) is 7.42. The number of fused-ring (bicyclic) bond motifs is 1. The van der Waals surface area contributed by atoms with Crippen molar-refractivity contribution in [3.05, 3.63) is 70.8 Å². The normalized spacial score (nSPS) is 11.3. The van der Waals surface area contributed by atoms with Crippen molar-refractivity contribution in [3.63, 3.8) is 0 Å². The predicted molar refractivity (Wildman–Crippen MR) is 105 cm³/mol. The zero-order valence-corrected chi connectivity index (χ0v) is 15.1. The van der Waals surface area contributed by atoms with Crippen molar-refractivity contribution in [2.24, 2.45) is 5.14 Å². The molecule has 0 aliphatic rings. The molecule has 0 saturated heterocycles. The largest absolute Gasteiger partial charge is 0.383 e. The van der Waals surface area contributed by atoms with E-state index < -0.39 is 14.9 Å². The van der Waals surface area contributed by atoms with Crippen molar-refractivity contribution in [1.82, 2.24) is 0 Å². The number of anilines is 2.